The maximum atomic E-state index is 12.7. The minimum atomic E-state index is -4.56. The van der Waals surface area contributed by atoms with Crippen LogP contribution in [0.2, 0.25) is 15.1 Å². The molecule has 0 saturated carbocycles. The van der Waals surface area contributed by atoms with Crippen molar-refractivity contribution in [2.45, 2.75) is 13.1 Å². The molecule has 3 rings (SSSR count). The van der Waals surface area contributed by atoms with Crippen molar-refractivity contribution in [1.82, 2.24) is 4.98 Å². The normalized spacial score (nSPS) is 12.0. The Labute approximate surface area is 184 Å². The van der Waals surface area contributed by atoms with Gasteiger partial charge in [0.1, 0.15) is 16.5 Å². The predicted molar refractivity (Wildman–Crippen MR) is 110 cm³/mol. The molecular weight excluding hydrogens is 464 g/mol. The molecule has 2 aromatic carbocycles. The van der Waals surface area contributed by atoms with Crippen molar-refractivity contribution in [3.05, 3.63) is 80.9 Å². The molecule has 0 spiro atoms. The van der Waals surface area contributed by atoms with Gasteiger partial charge in [-0.25, -0.2) is 4.98 Å². The molecule has 1 heterocycles. The van der Waals surface area contributed by atoms with Crippen LogP contribution in [0.4, 0.5) is 13.2 Å². The highest BCUT2D eigenvalue weighted by Crippen LogP contribution is 2.33. The van der Waals surface area contributed by atoms with Crippen LogP contribution in [0.15, 0.2) is 59.9 Å². The second-order valence-electron chi connectivity index (χ2n) is 5.97. The summed E-state index contributed by atoms with van der Waals surface area (Å²) >= 11 is 17.9. The molecule has 10 heteroatoms. The fourth-order valence-electron chi connectivity index (χ4n) is 2.30. The van der Waals surface area contributed by atoms with Gasteiger partial charge in [0.25, 0.3) is 5.88 Å². The molecule has 0 bridgehead atoms. The summed E-state index contributed by atoms with van der Waals surface area (Å²) in [4.78, 5) is 8.64. The summed E-state index contributed by atoms with van der Waals surface area (Å²) in [7, 11) is 0. The third kappa shape index (κ3) is 5.56. The van der Waals surface area contributed by atoms with E-state index in [9.17, 15) is 13.2 Å². The van der Waals surface area contributed by atoms with Crippen LogP contribution in [0.5, 0.6) is 17.4 Å². The van der Waals surface area contributed by atoms with Crippen molar-refractivity contribution in [3.8, 4) is 17.4 Å². The number of hydrogen-bond donors (Lipinski definition) is 0. The van der Waals surface area contributed by atoms with Crippen LogP contribution < -0.4 is 9.57 Å². The molecular formula is C20H12Cl3F3N2O2. The molecule has 0 aliphatic rings. The van der Waals surface area contributed by atoms with Crippen molar-refractivity contribution in [3.63, 3.8) is 0 Å². The van der Waals surface area contributed by atoms with Crippen molar-refractivity contribution in [1.29, 1.82) is 0 Å². The summed E-state index contributed by atoms with van der Waals surface area (Å²) < 4.78 is 43.7. The monoisotopic (exact) mass is 474 g/mol. The van der Waals surface area contributed by atoms with E-state index in [1.54, 1.807) is 49.4 Å². The molecule has 30 heavy (non-hydrogen) atoms. The number of pyridine rings is 1. The molecule has 0 unspecified atom stereocenters. The van der Waals surface area contributed by atoms with Gasteiger partial charge < -0.3 is 9.57 Å². The van der Waals surface area contributed by atoms with Crippen LogP contribution in [-0.4, -0.2) is 10.7 Å². The number of aromatic nitrogens is 1. The Morgan fingerprint density at radius 3 is 2.20 bits per heavy atom. The maximum absolute atomic E-state index is 12.7. The van der Waals surface area contributed by atoms with Gasteiger partial charge in [0.05, 0.1) is 16.3 Å². The summed E-state index contributed by atoms with van der Waals surface area (Å²) in [6, 6.07) is 12.5. The van der Waals surface area contributed by atoms with Crippen LogP contribution in [0.25, 0.3) is 0 Å². The second kappa shape index (κ2) is 9.12. The summed E-state index contributed by atoms with van der Waals surface area (Å²) in [6.45, 7) is 1.61. The Morgan fingerprint density at radius 1 is 0.933 bits per heavy atom. The van der Waals surface area contributed by atoms with E-state index in [1.165, 1.54) is 0 Å². The van der Waals surface area contributed by atoms with Gasteiger partial charge in [-0.3, -0.25) is 0 Å². The highest BCUT2D eigenvalue weighted by molar-refractivity contribution is 6.34. The van der Waals surface area contributed by atoms with Gasteiger partial charge in [-0.15, -0.1) is 0 Å². The molecule has 0 N–H and O–H groups in total. The first-order valence-corrected chi connectivity index (χ1v) is 9.44. The number of alkyl halides is 3. The first-order valence-electron chi connectivity index (χ1n) is 8.31. The Morgan fingerprint density at radius 2 is 1.60 bits per heavy atom. The van der Waals surface area contributed by atoms with Crippen LogP contribution in [-0.2, 0) is 6.18 Å². The van der Waals surface area contributed by atoms with Gasteiger partial charge >= 0.3 is 6.18 Å². The zero-order valence-corrected chi connectivity index (χ0v) is 17.4. The summed E-state index contributed by atoms with van der Waals surface area (Å²) in [5.41, 5.74) is -0.0983. The van der Waals surface area contributed by atoms with Crippen LogP contribution in [0.1, 0.15) is 18.1 Å². The maximum Gasteiger partial charge on any atom is 0.417 e. The van der Waals surface area contributed by atoms with E-state index >= 15 is 0 Å². The smallest absolute Gasteiger partial charge is 0.417 e. The number of benzene rings is 2. The second-order valence-corrected chi connectivity index (χ2v) is 7.23. The van der Waals surface area contributed by atoms with Gasteiger partial charge in [-0.05, 0) is 49.4 Å². The first kappa shape index (κ1) is 22.2. The first-order chi connectivity index (χ1) is 14.1. The van der Waals surface area contributed by atoms with Gasteiger partial charge in [0.15, 0.2) is 0 Å². The van der Waals surface area contributed by atoms with Crippen LogP contribution in [0.3, 0.4) is 0 Å². The van der Waals surface area contributed by atoms with E-state index in [2.05, 4.69) is 10.1 Å². The van der Waals surface area contributed by atoms with E-state index < -0.39 is 11.7 Å². The molecule has 0 amide bonds. The molecule has 0 atom stereocenters. The molecule has 0 fully saturated rings. The highest BCUT2D eigenvalue weighted by atomic mass is 35.5. The fourth-order valence-corrected chi connectivity index (χ4v) is 2.93. The molecule has 3 aromatic rings. The van der Waals surface area contributed by atoms with Crippen molar-refractivity contribution >= 4 is 40.5 Å². The summed E-state index contributed by atoms with van der Waals surface area (Å²) in [6.07, 6.45) is -3.94. The molecule has 0 radical (unpaired) electrons. The largest absolute Gasteiger partial charge is 0.457 e. The third-order valence-corrected chi connectivity index (χ3v) is 4.62. The fraction of sp³-hybridized carbons (Fsp3) is 0.100. The standard InChI is InChI=1S/C20H12Cl3F3N2O2/c1-11(28-30-19-18(23)8-12(10-27-19)20(24,25)26)16-7-6-15(9-17(16)22)29-14-4-2-13(21)3-5-14/h2-10H,1H3/b28-11-. The number of hydrogen-bond acceptors (Lipinski definition) is 4. The average Bonchev–Trinajstić information content (AvgIpc) is 2.68. The summed E-state index contributed by atoms with van der Waals surface area (Å²) in [5.74, 6) is 0.815. The third-order valence-electron chi connectivity index (χ3n) is 3.78. The van der Waals surface area contributed by atoms with E-state index in [-0.39, 0.29) is 10.9 Å². The average molecular weight is 476 g/mol. The van der Waals surface area contributed by atoms with Crippen LogP contribution in [0, 0.1) is 0 Å². The Kier molecular flexibility index (Phi) is 6.75. The summed E-state index contributed by atoms with van der Waals surface area (Å²) in [5, 5.41) is 4.45. The molecule has 0 aliphatic carbocycles. The number of halogens is 6. The minimum Gasteiger partial charge on any atom is -0.457 e. The Balaban J connectivity index is 1.74. The van der Waals surface area contributed by atoms with Crippen molar-refractivity contribution < 1.29 is 22.7 Å². The molecule has 4 nitrogen and oxygen atoms in total. The minimum absolute atomic E-state index is 0.261. The highest BCUT2D eigenvalue weighted by Gasteiger charge is 2.31. The van der Waals surface area contributed by atoms with Crippen LogP contribution >= 0.6 is 34.8 Å². The lowest BCUT2D eigenvalue weighted by Gasteiger charge is -2.10. The topological polar surface area (TPSA) is 43.7 Å². The molecule has 156 valence electrons. The van der Waals surface area contributed by atoms with Crippen molar-refractivity contribution in [2.75, 3.05) is 0 Å². The Hall–Kier alpha value is -2.48. The number of rotatable bonds is 5. The number of nitrogens with zero attached hydrogens (tertiary/aromatic N) is 2. The lowest BCUT2D eigenvalue weighted by Crippen LogP contribution is -2.06. The molecule has 1 aromatic heterocycles. The zero-order chi connectivity index (χ0) is 21.9. The quantitative estimate of drug-likeness (QED) is 0.281. The van der Waals surface area contributed by atoms with E-state index in [1.807, 2.05) is 0 Å². The molecule has 0 aliphatic heterocycles. The predicted octanol–water partition coefficient (Wildman–Crippen LogP) is 7.66. The van der Waals surface area contributed by atoms with E-state index in [0.29, 0.717) is 45.1 Å². The number of oxime groups is 1. The van der Waals surface area contributed by atoms with Gasteiger partial charge in [0.2, 0.25) is 0 Å². The number of ether oxygens (including phenoxy) is 1. The lowest BCUT2D eigenvalue weighted by molar-refractivity contribution is -0.137. The van der Waals surface area contributed by atoms with Crippen molar-refractivity contribution in [2.24, 2.45) is 5.16 Å². The SMILES string of the molecule is C/C(=N/Oc1ncc(C(F)(F)F)cc1Cl)c1ccc(Oc2ccc(Cl)cc2)cc1Cl. The Bertz CT molecular complexity index is 1090. The zero-order valence-electron chi connectivity index (χ0n) is 15.2. The lowest BCUT2D eigenvalue weighted by atomic mass is 10.1. The van der Waals surface area contributed by atoms with E-state index in [4.69, 9.17) is 44.4 Å². The van der Waals surface area contributed by atoms with Gasteiger partial charge in [-0.2, -0.15) is 13.2 Å². The van der Waals surface area contributed by atoms with Gasteiger partial charge in [-0.1, -0.05) is 40.0 Å². The molecule has 0 saturated heterocycles. The van der Waals surface area contributed by atoms with E-state index in [0.717, 1.165) is 0 Å². The van der Waals surface area contributed by atoms with Gasteiger partial charge in [0, 0.05) is 22.8 Å².